The van der Waals surface area contributed by atoms with Crippen molar-refractivity contribution in [3.8, 4) is 11.5 Å². The Morgan fingerprint density at radius 2 is 1.24 bits per heavy atom. The van der Waals surface area contributed by atoms with E-state index in [0.717, 1.165) is 23.3 Å². The SMILES string of the molecule is C=C(C)c1cc(C(=O)N2Cc3c(F)ccc(F)c3C2)c(OCc2ccccc2)cc1OCc1ccccc1. The lowest BCUT2D eigenvalue weighted by Crippen LogP contribution is -2.26. The zero-order valence-corrected chi connectivity index (χ0v) is 21.0. The summed E-state index contributed by atoms with van der Waals surface area (Å²) in [5.74, 6) is -0.583. The number of allylic oxidation sites excluding steroid dienone is 1. The van der Waals surface area contributed by atoms with E-state index in [9.17, 15) is 13.6 Å². The molecule has 1 aliphatic rings. The normalized spacial score (nSPS) is 12.2. The van der Waals surface area contributed by atoms with Crippen LogP contribution < -0.4 is 9.47 Å². The first kappa shape index (κ1) is 25.2. The molecular weight excluding hydrogens is 484 g/mol. The van der Waals surface area contributed by atoms with E-state index in [1.807, 2.05) is 67.6 Å². The molecule has 1 amide bonds. The predicted octanol–water partition coefficient (Wildman–Crippen LogP) is 7.31. The zero-order chi connectivity index (χ0) is 26.6. The van der Waals surface area contributed by atoms with Crippen molar-refractivity contribution in [1.29, 1.82) is 0 Å². The van der Waals surface area contributed by atoms with Crippen molar-refractivity contribution in [2.24, 2.45) is 0 Å². The number of fused-ring (bicyclic) bond motifs is 1. The van der Waals surface area contributed by atoms with Crippen molar-refractivity contribution in [3.05, 3.63) is 137 Å². The minimum absolute atomic E-state index is 0.0233. The molecular formula is C32H27F2NO3. The highest BCUT2D eigenvalue weighted by Crippen LogP contribution is 2.37. The van der Waals surface area contributed by atoms with Crippen LogP contribution in [0.15, 0.2) is 91.5 Å². The van der Waals surface area contributed by atoms with Gasteiger partial charge in [-0.15, -0.1) is 0 Å². The smallest absolute Gasteiger partial charge is 0.258 e. The number of halogens is 2. The highest BCUT2D eigenvalue weighted by Gasteiger charge is 2.31. The van der Waals surface area contributed by atoms with E-state index in [1.54, 1.807) is 12.1 Å². The van der Waals surface area contributed by atoms with Gasteiger partial charge in [0.1, 0.15) is 36.3 Å². The molecule has 0 unspecified atom stereocenters. The van der Waals surface area contributed by atoms with Crippen molar-refractivity contribution >= 4 is 11.5 Å². The minimum atomic E-state index is -0.524. The maximum absolute atomic E-state index is 14.4. The van der Waals surface area contributed by atoms with Gasteiger partial charge < -0.3 is 14.4 Å². The van der Waals surface area contributed by atoms with Crippen LogP contribution in [0.5, 0.6) is 11.5 Å². The van der Waals surface area contributed by atoms with Gasteiger partial charge in [0.05, 0.1) is 5.56 Å². The maximum Gasteiger partial charge on any atom is 0.258 e. The number of rotatable bonds is 8. The quantitative estimate of drug-likeness (QED) is 0.249. The van der Waals surface area contributed by atoms with Crippen molar-refractivity contribution in [3.63, 3.8) is 0 Å². The molecule has 0 spiro atoms. The zero-order valence-electron chi connectivity index (χ0n) is 21.0. The van der Waals surface area contributed by atoms with Crippen LogP contribution >= 0.6 is 0 Å². The topological polar surface area (TPSA) is 38.8 Å². The fraction of sp³-hybridized carbons (Fsp3) is 0.156. The molecule has 1 heterocycles. The van der Waals surface area contributed by atoms with Gasteiger partial charge in [-0.1, -0.05) is 67.2 Å². The Morgan fingerprint density at radius 3 is 1.71 bits per heavy atom. The molecule has 5 rings (SSSR count). The van der Waals surface area contributed by atoms with E-state index < -0.39 is 11.6 Å². The van der Waals surface area contributed by atoms with Crippen LogP contribution in [-0.2, 0) is 26.3 Å². The molecule has 192 valence electrons. The molecule has 0 bridgehead atoms. The van der Waals surface area contributed by atoms with Crippen molar-refractivity contribution in [1.82, 2.24) is 4.90 Å². The highest BCUT2D eigenvalue weighted by molar-refractivity contribution is 5.98. The number of benzene rings is 4. The fourth-order valence-electron chi connectivity index (χ4n) is 4.50. The standard InChI is InChI=1S/C32H27F2NO3/c1-21(2)24-15-25(32(36)35-17-26-27(18-35)29(34)14-13-28(26)33)31(38-20-23-11-7-4-8-12-23)16-30(24)37-19-22-9-5-3-6-10-22/h3-16H,1,17-20H2,2H3. The largest absolute Gasteiger partial charge is 0.488 e. The molecule has 1 aliphatic heterocycles. The van der Waals surface area contributed by atoms with Crippen molar-refractivity contribution in [2.75, 3.05) is 0 Å². The summed E-state index contributed by atoms with van der Waals surface area (Å²) in [6.45, 7) is 6.42. The molecule has 4 nitrogen and oxygen atoms in total. The number of ether oxygens (including phenoxy) is 2. The lowest BCUT2D eigenvalue weighted by atomic mass is 10.0. The molecule has 4 aromatic carbocycles. The second-order valence-corrected chi connectivity index (χ2v) is 9.32. The van der Waals surface area contributed by atoms with Crippen molar-refractivity contribution in [2.45, 2.75) is 33.2 Å². The van der Waals surface area contributed by atoms with Crippen LogP contribution in [0.3, 0.4) is 0 Å². The first-order chi connectivity index (χ1) is 18.4. The monoisotopic (exact) mass is 511 g/mol. The number of nitrogens with zero attached hydrogens (tertiary/aromatic N) is 1. The van der Waals surface area contributed by atoms with E-state index in [1.165, 1.54) is 4.90 Å². The first-order valence-corrected chi connectivity index (χ1v) is 12.3. The molecule has 0 radical (unpaired) electrons. The van der Waals surface area contributed by atoms with Gasteiger partial charge in [0.25, 0.3) is 5.91 Å². The fourth-order valence-corrected chi connectivity index (χ4v) is 4.50. The molecule has 38 heavy (non-hydrogen) atoms. The summed E-state index contributed by atoms with van der Waals surface area (Å²) in [4.78, 5) is 15.2. The second-order valence-electron chi connectivity index (χ2n) is 9.32. The number of carbonyl (C=O) groups excluding carboxylic acids is 1. The first-order valence-electron chi connectivity index (χ1n) is 12.3. The number of hydrogen-bond acceptors (Lipinski definition) is 3. The van der Waals surface area contributed by atoms with E-state index in [2.05, 4.69) is 6.58 Å². The van der Waals surface area contributed by atoms with Crippen LogP contribution in [0, 0.1) is 11.6 Å². The Morgan fingerprint density at radius 1 is 0.763 bits per heavy atom. The predicted molar refractivity (Wildman–Crippen MR) is 143 cm³/mol. The molecule has 6 heteroatoms. The summed E-state index contributed by atoms with van der Waals surface area (Å²) >= 11 is 0. The van der Waals surface area contributed by atoms with Gasteiger partial charge in [-0.2, -0.15) is 0 Å². The Balaban J connectivity index is 1.50. The van der Waals surface area contributed by atoms with Gasteiger partial charge >= 0.3 is 0 Å². The van der Waals surface area contributed by atoms with Crippen LogP contribution in [0.25, 0.3) is 5.57 Å². The Labute approximate surface area is 220 Å². The third-order valence-corrected chi connectivity index (χ3v) is 6.55. The molecule has 0 aromatic heterocycles. The van der Waals surface area contributed by atoms with Crippen LogP contribution in [0.4, 0.5) is 8.78 Å². The number of carbonyl (C=O) groups is 1. The van der Waals surface area contributed by atoms with Gasteiger partial charge in [-0.05, 0) is 41.8 Å². The summed E-state index contributed by atoms with van der Waals surface area (Å²) in [5, 5.41) is 0. The summed E-state index contributed by atoms with van der Waals surface area (Å²) < 4.78 is 41.1. The van der Waals surface area contributed by atoms with E-state index in [4.69, 9.17) is 9.47 Å². The van der Waals surface area contributed by atoms with Gasteiger partial charge in [0.15, 0.2) is 0 Å². The molecule has 0 aliphatic carbocycles. The molecule has 0 saturated heterocycles. The summed E-state index contributed by atoms with van der Waals surface area (Å²) in [7, 11) is 0. The highest BCUT2D eigenvalue weighted by atomic mass is 19.1. The molecule has 0 saturated carbocycles. The summed E-state index contributed by atoms with van der Waals surface area (Å²) in [6, 6.07) is 24.9. The van der Waals surface area contributed by atoms with Gasteiger partial charge in [-0.25, -0.2) is 8.78 Å². The molecule has 0 atom stereocenters. The summed E-state index contributed by atoms with van der Waals surface area (Å²) in [6.07, 6.45) is 0. The molecule has 0 fully saturated rings. The average Bonchev–Trinajstić information content (AvgIpc) is 3.40. The lowest BCUT2D eigenvalue weighted by molar-refractivity contribution is 0.0745. The van der Waals surface area contributed by atoms with E-state index in [0.29, 0.717) is 29.2 Å². The van der Waals surface area contributed by atoms with Crippen LogP contribution in [0.1, 0.15) is 45.1 Å². The van der Waals surface area contributed by atoms with E-state index >= 15 is 0 Å². The lowest BCUT2D eigenvalue weighted by Gasteiger charge is -2.21. The van der Waals surface area contributed by atoms with Crippen LogP contribution in [0.2, 0.25) is 0 Å². The third-order valence-electron chi connectivity index (χ3n) is 6.55. The third kappa shape index (κ3) is 5.30. The minimum Gasteiger partial charge on any atom is -0.488 e. The van der Waals surface area contributed by atoms with Crippen LogP contribution in [-0.4, -0.2) is 10.8 Å². The number of amides is 1. The molecule has 4 aromatic rings. The van der Waals surface area contributed by atoms with Gasteiger partial charge in [-0.3, -0.25) is 4.79 Å². The Hall–Kier alpha value is -4.45. The van der Waals surface area contributed by atoms with E-state index in [-0.39, 0.29) is 42.3 Å². The van der Waals surface area contributed by atoms with Gasteiger partial charge in [0.2, 0.25) is 0 Å². The molecule has 0 N–H and O–H groups in total. The van der Waals surface area contributed by atoms with Crippen molar-refractivity contribution < 1.29 is 23.0 Å². The van der Waals surface area contributed by atoms with Gasteiger partial charge in [0, 0.05) is 35.8 Å². The Bertz CT molecular complexity index is 1460. The second kappa shape index (κ2) is 10.9. The number of hydrogen-bond donors (Lipinski definition) is 0. The Kier molecular flexibility index (Phi) is 7.22. The maximum atomic E-state index is 14.4. The summed E-state index contributed by atoms with van der Waals surface area (Å²) in [5.41, 5.74) is 3.97. The average molecular weight is 512 g/mol.